The third kappa shape index (κ3) is 3.57. The number of aromatic nitrogens is 2. The first-order valence-electron chi connectivity index (χ1n) is 10.4. The van der Waals surface area contributed by atoms with Gasteiger partial charge in [0, 0.05) is 26.2 Å². The average molecular weight is 383 g/mol. The number of nitrogens with zero attached hydrogens (tertiary/aromatic N) is 4. The number of amides is 3. The zero-order chi connectivity index (χ0) is 19.7. The minimum Gasteiger partial charge on any atom is -0.341 e. The summed E-state index contributed by atoms with van der Waals surface area (Å²) in [6, 6.07) is 7.20. The zero-order valence-corrected chi connectivity index (χ0v) is 16.7. The Balaban J connectivity index is 1.51. The van der Waals surface area contributed by atoms with Gasteiger partial charge in [0.1, 0.15) is 6.04 Å². The summed E-state index contributed by atoms with van der Waals surface area (Å²) < 4.78 is 2.07. The van der Waals surface area contributed by atoms with Crippen molar-refractivity contribution in [2.45, 2.75) is 52.1 Å². The Kier molecular flexibility index (Phi) is 5.24. The third-order valence-electron chi connectivity index (χ3n) is 5.64. The number of piperidine rings is 1. The Bertz CT molecular complexity index is 869. The van der Waals surface area contributed by atoms with E-state index < -0.39 is 6.04 Å². The predicted octanol–water partition coefficient (Wildman–Crippen LogP) is 2.99. The van der Waals surface area contributed by atoms with Crippen LogP contribution in [0.1, 0.15) is 39.5 Å². The van der Waals surface area contributed by atoms with Gasteiger partial charge in [0.2, 0.25) is 11.9 Å². The fourth-order valence-electron chi connectivity index (χ4n) is 4.24. The van der Waals surface area contributed by atoms with Crippen LogP contribution in [-0.4, -0.2) is 52.1 Å². The molecule has 0 spiro atoms. The third-order valence-corrected chi connectivity index (χ3v) is 5.64. The largest absolute Gasteiger partial charge is 0.341 e. The van der Waals surface area contributed by atoms with Gasteiger partial charge < -0.3 is 14.8 Å². The monoisotopic (exact) mass is 383 g/mol. The molecule has 4 rings (SSSR count). The number of urea groups is 1. The second kappa shape index (κ2) is 7.81. The maximum Gasteiger partial charge on any atom is 0.324 e. The molecule has 0 bridgehead atoms. The molecule has 3 amide bonds. The molecule has 2 aliphatic heterocycles. The van der Waals surface area contributed by atoms with Crippen LogP contribution in [-0.2, 0) is 11.3 Å². The number of carbonyl (C=O) groups is 2. The Morgan fingerprint density at radius 3 is 2.57 bits per heavy atom. The average Bonchev–Trinajstić information content (AvgIpc) is 3.26. The number of rotatable bonds is 4. The topological polar surface area (TPSA) is 70.5 Å². The highest BCUT2D eigenvalue weighted by Gasteiger charge is 2.33. The fraction of sp³-hybridized carbons (Fsp3) is 0.571. The molecule has 28 heavy (non-hydrogen) atoms. The van der Waals surface area contributed by atoms with Crippen molar-refractivity contribution in [3.63, 3.8) is 0 Å². The molecule has 1 aromatic heterocycles. The van der Waals surface area contributed by atoms with Crippen LogP contribution < -0.4 is 10.2 Å². The van der Waals surface area contributed by atoms with Gasteiger partial charge in [-0.2, -0.15) is 0 Å². The van der Waals surface area contributed by atoms with Gasteiger partial charge in [-0.05, 0) is 43.7 Å². The molecule has 3 heterocycles. The van der Waals surface area contributed by atoms with Crippen molar-refractivity contribution in [3.05, 3.63) is 24.3 Å². The number of anilines is 1. The zero-order valence-electron chi connectivity index (χ0n) is 16.7. The van der Waals surface area contributed by atoms with Gasteiger partial charge in [-0.3, -0.25) is 9.69 Å². The maximum atomic E-state index is 13.1. The first kappa shape index (κ1) is 18.8. The van der Waals surface area contributed by atoms with Crippen LogP contribution in [0.2, 0.25) is 0 Å². The number of fused-ring (bicyclic) bond motifs is 3. The molecule has 1 aromatic carbocycles. The summed E-state index contributed by atoms with van der Waals surface area (Å²) in [4.78, 5) is 34.3. The summed E-state index contributed by atoms with van der Waals surface area (Å²) in [5.74, 6) is 1.03. The van der Waals surface area contributed by atoms with E-state index in [2.05, 4.69) is 28.7 Å². The van der Waals surface area contributed by atoms with E-state index in [0.717, 1.165) is 43.5 Å². The molecule has 1 fully saturated rings. The van der Waals surface area contributed by atoms with Crippen LogP contribution in [0.4, 0.5) is 10.7 Å². The minimum absolute atomic E-state index is 0.0504. The summed E-state index contributed by atoms with van der Waals surface area (Å²) in [5, 5.41) is 3.02. The Morgan fingerprint density at radius 2 is 1.82 bits per heavy atom. The SMILES string of the molecule is CC(C)C[C@H](NC(=O)N1CCn2c1nc1ccccc12)C(=O)N1CCCCC1. The van der Waals surface area contributed by atoms with Crippen LogP contribution in [0.15, 0.2) is 24.3 Å². The number of imidazole rings is 1. The number of benzene rings is 1. The molecule has 2 aliphatic rings. The molecule has 1 N–H and O–H groups in total. The van der Waals surface area contributed by atoms with E-state index in [1.165, 1.54) is 6.42 Å². The highest BCUT2D eigenvalue weighted by molar-refractivity contribution is 5.96. The van der Waals surface area contributed by atoms with Crippen LogP contribution in [0.3, 0.4) is 0 Å². The Labute approximate surface area is 165 Å². The van der Waals surface area contributed by atoms with Crippen molar-refractivity contribution in [3.8, 4) is 0 Å². The van der Waals surface area contributed by atoms with E-state index >= 15 is 0 Å². The van der Waals surface area contributed by atoms with Crippen molar-refractivity contribution in [1.82, 2.24) is 19.8 Å². The number of likely N-dealkylation sites (tertiary alicyclic amines) is 1. The quantitative estimate of drug-likeness (QED) is 0.882. The van der Waals surface area contributed by atoms with Gasteiger partial charge >= 0.3 is 6.03 Å². The minimum atomic E-state index is -0.482. The van der Waals surface area contributed by atoms with Crippen molar-refractivity contribution in [2.24, 2.45) is 5.92 Å². The van der Waals surface area contributed by atoms with Gasteiger partial charge in [-0.25, -0.2) is 9.78 Å². The van der Waals surface area contributed by atoms with Crippen LogP contribution >= 0.6 is 0 Å². The summed E-state index contributed by atoms with van der Waals surface area (Å²) in [5.41, 5.74) is 1.93. The number of hydrogen-bond acceptors (Lipinski definition) is 3. The molecule has 7 heteroatoms. The van der Waals surface area contributed by atoms with Crippen LogP contribution in [0, 0.1) is 5.92 Å². The number of nitrogens with one attached hydrogen (secondary N) is 1. The highest BCUT2D eigenvalue weighted by Crippen LogP contribution is 2.27. The van der Waals surface area contributed by atoms with E-state index in [-0.39, 0.29) is 11.9 Å². The lowest BCUT2D eigenvalue weighted by atomic mass is 10.0. The van der Waals surface area contributed by atoms with E-state index in [0.29, 0.717) is 24.8 Å². The fourth-order valence-corrected chi connectivity index (χ4v) is 4.24. The molecule has 1 saturated heterocycles. The van der Waals surface area contributed by atoms with E-state index in [1.807, 2.05) is 29.2 Å². The maximum absolute atomic E-state index is 13.1. The summed E-state index contributed by atoms with van der Waals surface area (Å²) in [6.07, 6.45) is 3.91. The first-order valence-corrected chi connectivity index (χ1v) is 10.4. The van der Waals surface area contributed by atoms with Gasteiger partial charge in [0.25, 0.3) is 0 Å². The van der Waals surface area contributed by atoms with Crippen molar-refractivity contribution in [2.75, 3.05) is 24.5 Å². The lowest BCUT2D eigenvalue weighted by Gasteiger charge is -2.32. The van der Waals surface area contributed by atoms with Crippen molar-refractivity contribution < 1.29 is 9.59 Å². The summed E-state index contributed by atoms with van der Waals surface area (Å²) >= 11 is 0. The number of para-hydroxylation sites is 2. The van der Waals surface area contributed by atoms with Crippen molar-refractivity contribution in [1.29, 1.82) is 0 Å². The van der Waals surface area contributed by atoms with Crippen LogP contribution in [0.5, 0.6) is 0 Å². The highest BCUT2D eigenvalue weighted by atomic mass is 16.2. The Morgan fingerprint density at radius 1 is 1.07 bits per heavy atom. The van der Waals surface area contributed by atoms with E-state index in [4.69, 9.17) is 0 Å². The molecule has 0 saturated carbocycles. The molecule has 150 valence electrons. The van der Waals surface area contributed by atoms with Crippen molar-refractivity contribution >= 4 is 28.9 Å². The lowest BCUT2D eigenvalue weighted by Crippen LogP contribution is -2.53. The predicted molar refractivity (Wildman–Crippen MR) is 109 cm³/mol. The standard InChI is InChI=1S/C21H29N5O2/c1-15(2)14-17(19(27)24-10-6-3-7-11-24)23-21(28)26-13-12-25-18-9-5-4-8-16(18)22-20(25)26/h4-5,8-9,15,17H,3,6-7,10-14H2,1-2H3,(H,23,28)/t17-/m0/s1. The van der Waals surface area contributed by atoms with Gasteiger partial charge in [0.05, 0.1) is 11.0 Å². The van der Waals surface area contributed by atoms with Crippen LogP contribution in [0.25, 0.3) is 11.0 Å². The molecular formula is C21H29N5O2. The van der Waals surface area contributed by atoms with Gasteiger partial charge in [-0.1, -0.05) is 26.0 Å². The van der Waals surface area contributed by atoms with Gasteiger partial charge in [0.15, 0.2) is 0 Å². The van der Waals surface area contributed by atoms with E-state index in [1.54, 1.807) is 4.90 Å². The summed E-state index contributed by atoms with van der Waals surface area (Å²) in [6.45, 7) is 7.05. The Hall–Kier alpha value is -2.57. The molecular weight excluding hydrogens is 354 g/mol. The molecule has 1 atom stereocenters. The van der Waals surface area contributed by atoms with Gasteiger partial charge in [-0.15, -0.1) is 0 Å². The number of carbonyl (C=O) groups excluding carboxylic acids is 2. The second-order valence-corrected chi connectivity index (χ2v) is 8.22. The normalized spacial score (nSPS) is 17.8. The first-order chi connectivity index (χ1) is 13.5. The molecule has 7 nitrogen and oxygen atoms in total. The lowest BCUT2D eigenvalue weighted by molar-refractivity contribution is -0.134. The number of hydrogen-bond donors (Lipinski definition) is 1. The van der Waals surface area contributed by atoms with E-state index in [9.17, 15) is 9.59 Å². The molecule has 0 unspecified atom stereocenters. The molecule has 0 radical (unpaired) electrons. The molecule has 2 aromatic rings. The smallest absolute Gasteiger partial charge is 0.324 e. The summed E-state index contributed by atoms with van der Waals surface area (Å²) in [7, 11) is 0. The molecule has 0 aliphatic carbocycles. The second-order valence-electron chi connectivity index (χ2n) is 8.22.